The summed E-state index contributed by atoms with van der Waals surface area (Å²) >= 11 is 0. The van der Waals surface area contributed by atoms with Gasteiger partial charge in [-0.1, -0.05) is 6.58 Å². The van der Waals surface area contributed by atoms with Gasteiger partial charge in [0.1, 0.15) is 0 Å². The summed E-state index contributed by atoms with van der Waals surface area (Å²) in [5.41, 5.74) is 0.429. The van der Waals surface area contributed by atoms with Gasteiger partial charge in [0.25, 0.3) is 0 Å². The Hall–Kier alpha value is -0.870. The van der Waals surface area contributed by atoms with E-state index in [1.165, 1.54) is 6.42 Å². The number of ether oxygens (including phenoxy) is 1. The number of hydrogen-bond acceptors (Lipinski definition) is 4. The van der Waals surface area contributed by atoms with E-state index < -0.39 is 0 Å². The molecular weight excluding hydrogens is 180 g/mol. The second kappa shape index (κ2) is 5.12. The molecule has 1 aliphatic rings. The number of rotatable bonds is 4. The lowest BCUT2D eigenvalue weighted by molar-refractivity contribution is -0.145. The van der Waals surface area contributed by atoms with Gasteiger partial charge >= 0.3 is 5.97 Å². The summed E-state index contributed by atoms with van der Waals surface area (Å²) < 4.78 is 5.08. The highest BCUT2D eigenvalue weighted by atomic mass is 16.6. The van der Waals surface area contributed by atoms with Gasteiger partial charge in [0.05, 0.1) is 6.17 Å². The third kappa shape index (κ3) is 3.47. The van der Waals surface area contributed by atoms with Crippen molar-refractivity contribution in [1.29, 1.82) is 0 Å². The first-order valence-electron chi connectivity index (χ1n) is 4.95. The van der Waals surface area contributed by atoms with Crippen LogP contribution in [0, 0.1) is 0 Å². The molecule has 2 unspecified atom stereocenters. The van der Waals surface area contributed by atoms with Gasteiger partial charge in [-0.2, -0.15) is 0 Å². The number of carbonyl (C=O) groups excluding carboxylic acids is 1. The number of esters is 1. The van der Waals surface area contributed by atoms with Crippen LogP contribution in [0.15, 0.2) is 12.2 Å². The predicted octanol–water partition coefficient (Wildman–Crippen LogP) is 0.751. The normalized spacial score (nSPS) is 23.1. The first-order chi connectivity index (χ1) is 6.59. The Balaban J connectivity index is 2.24. The Morgan fingerprint density at radius 3 is 2.93 bits per heavy atom. The molecule has 0 aromatic rings. The molecule has 0 amide bonds. The molecular formula is C10H18N2O2. The van der Waals surface area contributed by atoms with Crippen LogP contribution in [-0.2, 0) is 9.53 Å². The topological polar surface area (TPSA) is 50.4 Å². The molecule has 0 aliphatic carbocycles. The maximum Gasteiger partial charge on any atom is 0.334 e. The van der Waals surface area contributed by atoms with Crippen LogP contribution in [0.2, 0.25) is 0 Å². The van der Waals surface area contributed by atoms with Crippen LogP contribution in [-0.4, -0.2) is 24.9 Å². The summed E-state index contributed by atoms with van der Waals surface area (Å²) in [6, 6.07) is 0. The second-order valence-electron chi connectivity index (χ2n) is 3.64. The van der Waals surface area contributed by atoms with Crippen molar-refractivity contribution in [2.45, 2.75) is 39.1 Å². The fourth-order valence-corrected chi connectivity index (χ4v) is 1.41. The SMILES string of the molecule is C=C(C)C(=O)OC(C)NC1CCCN1. The zero-order chi connectivity index (χ0) is 10.6. The van der Waals surface area contributed by atoms with Crippen molar-refractivity contribution in [1.82, 2.24) is 10.6 Å². The lowest BCUT2D eigenvalue weighted by atomic mass is 10.3. The van der Waals surface area contributed by atoms with Gasteiger partial charge in [-0.05, 0) is 33.2 Å². The van der Waals surface area contributed by atoms with Crippen LogP contribution in [0.5, 0.6) is 0 Å². The van der Waals surface area contributed by atoms with E-state index in [0.717, 1.165) is 13.0 Å². The van der Waals surface area contributed by atoms with Crippen LogP contribution in [0.3, 0.4) is 0 Å². The van der Waals surface area contributed by atoms with Gasteiger partial charge in [-0.15, -0.1) is 0 Å². The van der Waals surface area contributed by atoms with Gasteiger partial charge in [0, 0.05) is 5.57 Å². The van der Waals surface area contributed by atoms with Crippen molar-refractivity contribution in [2.75, 3.05) is 6.54 Å². The molecule has 0 spiro atoms. The lowest BCUT2D eigenvalue weighted by Gasteiger charge is -2.19. The molecule has 0 radical (unpaired) electrons. The van der Waals surface area contributed by atoms with E-state index in [1.807, 2.05) is 6.92 Å². The highest BCUT2D eigenvalue weighted by Crippen LogP contribution is 2.04. The highest BCUT2D eigenvalue weighted by Gasteiger charge is 2.17. The average molecular weight is 198 g/mol. The summed E-state index contributed by atoms with van der Waals surface area (Å²) in [6.45, 7) is 8.01. The zero-order valence-electron chi connectivity index (χ0n) is 8.80. The molecule has 2 N–H and O–H groups in total. The maximum absolute atomic E-state index is 11.1. The standard InChI is InChI=1S/C10H18N2O2/c1-7(2)10(13)14-8(3)12-9-5-4-6-11-9/h8-9,11-12H,1,4-6H2,2-3H3. The van der Waals surface area contributed by atoms with Gasteiger partial charge in [-0.3, -0.25) is 5.32 Å². The quantitative estimate of drug-likeness (QED) is 0.397. The summed E-state index contributed by atoms with van der Waals surface area (Å²) in [6.07, 6.45) is 2.24. The largest absolute Gasteiger partial charge is 0.443 e. The van der Waals surface area contributed by atoms with E-state index in [0.29, 0.717) is 5.57 Å². The summed E-state index contributed by atoms with van der Waals surface area (Å²) in [7, 11) is 0. The Labute approximate surface area is 84.7 Å². The summed E-state index contributed by atoms with van der Waals surface area (Å²) in [5, 5.41) is 6.43. The van der Waals surface area contributed by atoms with Crippen LogP contribution in [0.4, 0.5) is 0 Å². The van der Waals surface area contributed by atoms with Crippen molar-refractivity contribution in [2.24, 2.45) is 0 Å². The minimum absolute atomic E-state index is 0.267. The molecule has 0 saturated carbocycles. The smallest absolute Gasteiger partial charge is 0.334 e. The molecule has 1 aliphatic heterocycles. The molecule has 80 valence electrons. The maximum atomic E-state index is 11.1. The van der Waals surface area contributed by atoms with Crippen molar-refractivity contribution >= 4 is 5.97 Å². The average Bonchev–Trinajstić information content (AvgIpc) is 2.56. The molecule has 1 fully saturated rings. The highest BCUT2D eigenvalue weighted by molar-refractivity contribution is 5.87. The number of nitrogens with one attached hydrogen (secondary N) is 2. The molecule has 1 saturated heterocycles. The molecule has 1 rings (SSSR count). The van der Waals surface area contributed by atoms with E-state index in [1.54, 1.807) is 6.92 Å². The third-order valence-electron chi connectivity index (χ3n) is 2.13. The van der Waals surface area contributed by atoms with Crippen LogP contribution >= 0.6 is 0 Å². The van der Waals surface area contributed by atoms with Gasteiger partial charge < -0.3 is 10.1 Å². The van der Waals surface area contributed by atoms with Crippen LogP contribution in [0.25, 0.3) is 0 Å². The van der Waals surface area contributed by atoms with E-state index in [9.17, 15) is 4.79 Å². The Morgan fingerprint density at radius 1 is 1.71 bits per heavy atom. The minimum Gasteiger partial charge on any atom is -0.443 e. The summed E-state index contributed by atoms with van der Waals surface area (Å²) in [4.78, 5) is 11.1. The van der Waals surface area contributed by atoms with Crippen molar-refractivity contribution in [3.63, 3.8) is 0 Å². The molecule has 4 nitrogen and oxygen atoms in total. The fraction of sp³-hybridized carbons (Fsp3) is 0.700. The third-order valence-corrected chi connectivity index (χ3v) is 2.13. The monoisotopic (exact) mass is 198 g/mol. The first kappa shape index (κ1) is 11.2. The van der Waals surface area contributed by atoms with Gasteiger partial charge in [0.15, 0.2) is 6.23 Å². The van der Waals surface area contributed by atoms with Crippen LogP contribution in [0.1, 0.15) is 26.7 Å². The molecule has 0 aromatic heterocycles. The van der Waals surface area contributed by atoms with Gasteiger partial charge in [0.2, 0.25) is 0 Å². The molecule has 2 atom stereocenters. The van der Waals surface area contributed by atoms with E-state index in [4.69, 9.17) is 4.74 Å². The summed E-state index contributed by atoms with van der Waals surface area (Å²) in [5.74, 6) is -0.344. The van der Waals surface area contributed by atoms with E-state index in [2.05, 4.69) is 17.2 Å². The second-order valence-corrected chi connectivity index (χ2v) is 3.64. The number of carbonyl (C=O) groups is 1. The zero-order valence-corrected chi connectivity index (χ0v) is 8.80. The minimum atomic E-state index is -0.344. The van der Waals surface area contributed by atoms with E-state index in [-0.39, 0.29) is 18.4 Å². The van der Waals surface area contributed by atoms with Crippen LogP contribution < -0.4 is 10.6 Å². The molecule has 4 heteroatoms. The Kier molecular flexibility index (Phi) is 4.10. The molecule has 1 heterocycles. The number of hydrogen-bond donors (Lipinski definition) is 2. The lowest BCUT2D eigenvalue weighted by Crippen LogP contribution is -2.44. The molecule has 0 aromatic carbocycles. The Morgan fingerprint density at radius 2 is 2.43 bits per heavy atom. The first-order valence-corrected chi connectivity index (χ1v) is 4.95. The predicted molar refractivity (Wildman–Crippen MR) is 54.5 cm³/mol. The van der Waals surface area contributed by atoms with E-state index >= 15 is 0 Å². The molecule has 14 heavy (non-hydrogen) atoms. The Bertz CT molecular complexity index is 222. The van der Waals surface area contributed by atoms with Crippen molar-refractivity contribution < 1.29 is 9.53 Å². The molecule has 0 bridgehead atoms. The van der Waals surface area contributed by atoms with Crippen molar-refractivity contribution in [3.05, 3.63) is 12.2 Å². The van der Waals surface area contributed by atoms with Gasteiger partial charge in [-0.25, -0.2) is 4.79 Å². The fourth-order valence-electron chi connectivity index (χ4n) is 1.41. The van der Waals surface area contributed by atoms with Crippen molar-refractivity contribution in [3.8, 4) is 0 Å².